The predicted molar refractivity (Wildman–Crippen MR) is 96.9 cm³/mol. The fourth-order valence-corrected chi connectivity index (χ4v) is 5.68. The molecule has 4 rings (SSSR count). The minimum Gasteiger partial charge on any atom is -0.354 e. The smallest absolute Gasteiger partial charge is 0.264 e. The third-order valence-electron chi connectivity index (χ3n) is 5.11. The Morgan fingerprint density at radius 3 is 2.70 bits per heavy atom. The van der Waals surface area contributed by atoms with Crippen LogP contribution in [0.1, 0.15) is 28.9 Å². The van der Waals surface area contributed by atoms with Crippen LogP contribution in [0.15, 0.2) is 6.07 Å². The number of piperidine rings is 1. The first kappa shape index (κ1) is 15.4. The van der Waals surface area contributed by atoms with Crippen molar-refractivity contribution in [3.05, 3.63) is 10.9 Å². The summed E-state index contributed by atoms with van der Waals surface area (Å²) in [4.78, 5) is 23.2. The van der Waals surface area contributed by atoms with Crippen LogP contribution in [0.4, 0.5) is 5.13 Å². The van der Waals surface area contributed by atoms with Gasteiger partial charge < -0.3 is 15.1 Å². The van der Waals surface area contributed by atoms with Crippen molar-refractivity contribution < 1.29 is 4.79 Å². The minimum atomic E-state index is 0.187. The summed E-state index contributed by atoms with van der Waals surface area (Å²) in [6.07, 6.45) is 3.53. The van der Waals surface area contributed by atoms with E-state index in [0.29, 0.717) is 5.41 Å². The van der Waals surface area contributed by atoms with Crippen LogP contribution in [0.3, 0.4) is 0 Å². The highest BCUT2D eigenvalue weighted by Gasteiger charge is 2.38. The number of nitrogens with zero attached hydrogens (tertiary/aromatic N) is 3. The molecule has 2 aromatic rings. The van der Waals surface area contributed by atoms with Gasteiger partial charge in [-0.05, 0) is 37.3 Å². The molecule has 0 aromatic carbocycles. The molecular weight excluding hydrogens is 328 g/mol. The second-order valence-corrected chi connectivity index (χ2v) is 8.93. The van der Waals surface area contributed by atoms with Crippen LogP contribution < -0.4 is 10.2 Å². The Bertz CT molecular complexity index is 688. The van der Waals surface area contributed by atoms with Gasteiger partial charge in [0, 0.05) is 33.7 Å². The molecule has 23 heavy (non-hydrogen) atoms. The van der Waals surface area contributed by atoms with Gasteiger partial charge in [-0.25, -0.2) is 4.98 Å². The molecule has 0 saturated carbocycles. The Hall–Kier alpha value is -1.18. The topological polar surface area (TPSA) is 48.5 Å². The summed E-state index contributed by atoms with van der Waals surface area (Å²) in [5.41, 5.74) is 0.453. The molecule has 0 aliphatic carbocycles. The Labute approximate surface area is 144 Å². The molecular formula is C16H22N4OS2. The first-order valence-electron chi connectivity index (χ1n) is 8.14. The van der Waals surface area contributed by atoms with Gasteiger partial charge in [0.1, 0.15) is 4.83 Å². The normalized spacial score (nSPS) is 20.5. The third-order valence-corrected chi connectivity index (χ3v) is 7.43. The molecule has 4 heterocycles. The zero-order chi connectivity index (χ0) is 16.0. The Balaban J connectivity index is 1.47. The lowest BCUT2D eigenvalue weighted by atomic mass is 9.78. The average Bonchev–Trinajstić information content (AvgIpc) is 3.21. The van der Waals surface area contributed by atoms with E-state index >= 15 is 0 Å². The number of fused-ring (bicyclic) bond motifs is 1. The van der Waals surface area contributed by atoms with Crippen molar-refractivity contribution in [1.82, 2.24) is 15.2 Å². The Morgan fingerprint density at radius 2 is 2.09 bits per heavy atom. The number of anilines is 1. The molecule has 1 N–H and O–H groups in total. The summed E-state index contributed by atoms with van der Waals surface area (Å²) >= 11 is 3.18. The SMILES string of the molecule is CN(C)c1nc2sc(C(=O)N3CCC4(CCNC4)CC3)cc2s1. The zero-order valence-electron chi connectivity index (χ0n) is 13.6. The van der Waals surface area contributed by atoms with Gasteiger partial charge in [-0.1, -0.05) is 11.3 Å². The molecule has 0 unspecified atom stereocenters. The van der Waals surface area contributed by atoms with Crippen molar-refractivity contribution in [1.29, 1.82) is 0 Å². The number of thiophene rings is 1. The lowest BCUT2D eigenvalue weighted by Crippen LogP contribution is -2.43. The average molecular weight is 351 g/mol. The Kier molecular flexibility index (Phi) is 3.82. The molecule has 124 valence electrons. The van der Waals surface area contributed by atoms with E-state index in [-0.39, 0.29) is 5.91 Å². The highest BCUT2D eigenvalue weighted by atomic mass is 32.1. The van der Waals surface area contributed by atoms with Crippen LogP contribution in [0.2, 0.25) is 0 Å². The van der Waals surface area contributed by atoms with E-state index in [1.165, 1.54) is 17.8 Å². The van der Waals surface area contributed by atoms with E-state index in [4.69, 9.17) is 0 Å². The molecule has 0 radical (unpaired) electrons. The second kappa shape index (κ2) is 5.72. The lowest BCUT2D eigenvalue weighted by molar-refractivity contribution is 0.0612. The van der Waals surface area contributed by atoms with E-state index in [0.717, 1.165) is 58.6 Å². The van der Waals surface area contributed by atoms with Gasteiger partial charge in [-0.2, -0.15) is 0 Å². The van der Waals surface area contributed by atoms with Gasteiger partial charge in [-0.15, -0.1) is 11.3 Å². The van der Waals surface area contributed by atoms with Crippen LogP contribution >= 0.6 is 22.7 Å². The fraction of sp³-hybridized carbons (Fsp3) is 0.625. The van der Waals surface area contributed by atoms with Crippen molar-refractivity contribution in [3.8, 4) is 0 Å². The number of rotatable bonds is 2. The number of carbonyl (C=O) groups excluding carboxylic acids is 1. The molecule has 5 nitrogen and oxygen atoms in total. The first-order chi connectivity index (χ1) is 11.1. The number of carbonyl (C=O) groups is 1. The highest BCUT2D eigenvalue weighted by molar-refractivity contribution is 7.29. The molecule has 2 aliphatic heterocycles. The number of aromatic nitrogens is 1. The number of likely N-dealkylation sites (tertiary alicyclic amines) is 1. The Morgan fingerprint density at radius 1 is 1.30 bits per heavy atom. The summed E-state index contributed by atoms with van der Waals surface area (Å²) in [5.74, 6) is 0.187. The molecule has 0 bridgehead atoms. The summed E-state index contributed by atoms with van der Waals surface area (Å²) in [6, 6.07) is 2.02. The molecule has 7 heteroatoms. The monoisotopic (exact) mass is 350 g/mol. The maximum atomic E-state index is 12.8. The van der Waals surface area contributed by atoms with Crippen molar-refractivity contribution in [3.63, 3.8) is 0 Å². The van der Waals surface area contributed by atoms with Crippen LogP contribution in [0.25, 0.3) is 9.53 Å². The fourth-order valence-electron chi connectivity index (χ4n) is 3.58. The zero-order valence-corrected chi connectivity index (χ0v) is 15.2. The summed E-state index contributed by atoms with van der Waals surface area (Å²) < 4.78 is 1.12. The van der Waals surface area contributed by atoms with Gasteiger partial charge in [-0.3, -0.25) is 4.79 Å². The van der Waals surface area contributed by atoms with E-state index in [9.17, 15) is 4.79 Å². The largest absolute Gasteiger partial charge is 0.354 e. The number of thiazole rings is 1. The predicted octanol–water partition coefficient (Wildman–Crippen LogP) is 2.64. The molecule has 1 amide bonds. The first-order valence-corrected chi connectivity index (χ1v) is 9.77. The number of hydrogen-bond acceptors (Lipinski definition) is 6. The van der Waals surface area contributed by atoms with Crippen molar-refractivity contribution >= 4 is 43.2 Å². The van der Waals surface area contributed by atoms with Crippen molar-refractivity contribution in [2.45, 2.75) is 19.3 Å². The van der Waals surface area contributed by atoms with E-state index < -0.39 is 0 Å². The van der Waals surface area contributed by atoms with Gasteiger partial charge in [0.25, 0.3) is 5.91 Å². The summed E-state index contributed by atoms with van der Waals surface area (Å²) in [5, 5.41) is 4.47. The maximum Gasteiger partial charge on any atom is 0.264 e. The van der Waals surface area contributed by atoms with Crippen LogP contribution in [0.5, 0.6) is 0 Å². The summed E-state index contributed by atoms with van der Waals surface area (Å²) in [6.45, 7) is 4.04. The van der Waals surface area contributed by atoms with Crippen LogP contribution in [0, 0.1) is 5.41 Å². The summed E-state index contributed by atoms with van der Waals surface area (Å²) in [7, 11) is 3.99. The van der Waals surface area contributed by atoms with Crippen LogP contribution in [-0.4, -0.2) is 56.1 Å². The quantitative estimate of drug-likeness (QED) is 0.905. The molecule has 0 atom stereocenters. The lowest BCUT2D eigenvalue weighted by Gasteiger charge is -2.38. The number of nitrogens with one attached hydrogen (secondary N) is 1. The third kappa shape index (κ3) is 2.75. The molecule has 2 saturated heterocycles. The molecule has 2 aromatic heterocycles. The van der Waals surface area contributed by atoms with Crippen molar-refractivity contribution in [2.24, 2.45) is 5.41 Å². The minimum absolute atomic E-state index is 0.187. The maximum absolute atomic E-state index is 12.8. The van der Waals surface area contributed by atoms with E-state index in [1.54, 1.807) is 11.3 Å². The second-order valence-electron chi connectivity index (χ2n) is 6.89. The molecule has 2 aliphatic rings. The highest BCUT2D eigenvalue weighted by Crippen LogP contribution is 2.38. The molecule has 2 fully saturated rings. The van der Waals surface area contributed by atoms with E-state index in [1.807, 2.05) is 30.0 Å². The van der Waals surface area contributed by atoms with Crippen molar-refractivity contribution in [2.75, 3.05) is 45.2 Å². The molecule has 1 spiro atoms. The van der Waals surface area contributed by atoms with Gasteiger partial charge in [0.15, 0.2) is 5.13 Å². The van der Waals surface area contributed by atoms with Gasteiger partial charge in [0.05, 0.1) is 9.58 Å². The van der Waals surface area contributed by atoms with E-state index in [2.05, 4.69) is 10.3 Å². The van der Waals surface area contributed by atoms with Gasteiger partial charge >= 0.3 is 0 Å². The standard InChI is InChI=1S/C16H22N4OS2/c1-19(2)15-18-13-11(23-15)9-12(22-13)14(21)20-7-4-16(5-8-20)3-6-17-10-16/h9,17H,3-8,10H2,1-2H3. The number of hydrogen-bond donors (Lipinski definition) is 1. The van der Waals surface area contributed by atoms with Crippen LogP contribution in [-0.2, 0) is 0 Å². The number of amides is 1. The van der Waals surface area contributed by atoms with Gasteiger partial charge in [0.2, 0.25) is 0 Å².